The van der Waals surface area contributed by atoms with Crippen LogP contribution in [0.25, 0.3) is 0 Å². The summed E-state index contributed by atoms with van der Waals surface area (Å²) in [6.07, 6.45) is -2.05. The summed E-state index contributed by atoms with van der Waals surface area (Å²) in [6, 6.07) is 9.16. The van der Waals surface area contributed by atoms with Gasteiger partial charge in [0.1, 0.15) is 12.8 Å². The van der Waals surface area contributed by atoms with Crippen molar-refractivity contribution < 1.29 is 23.8 Å². The number of aliphatic carboxylic acids is 1. The topological polar surface area (TPSA) is 66.8 Å². The van der Waals surface area contributed by atoms with Crippen LogP contribution in [-0.4, -0.2) is 41.3 Å². The number of carboxylic acid groups (broad SMARTS) is 1. The van der Waals surface area contributed by atoms with Crippen LogP contribution in [0.5, 0.6) is 0 Å². The molecule has 1 N–H and O–H groups in total. The molecule has 5 nitrogen and oxygen atoms in total. The van der Waals surface area contributed by atoms with E-state index < -0.39 is 24.2 Å². The fraction of sp³-hybridized carbons (Fsp3) is 0.429. The van der Waals surface area contributed by atoms with E-state index in [2.05, 4.69) is 0 Å². The van der Waals surface area contributed by atoms with Gasteiger partial charge in [-0.25, -0.2) is 9.18 Å². The number of amides is 1. The SMILES string of the molecule is O=C(O)[C@H]1CCN(C(=O)OCc2ccccc2)C[C@@H]1F. The zero-order valence-electron chi connectivity index (χ0n) is 10.9. The molecule has 0 aliphatic carbocycles. The Morgan fingerprint density at radius 2 is 2.05 bits per heavy atom. The third kappa shape index (κ3) is 3.46. The number of rotatable bonds is 3. The van der Waals surface area contributed by atoms with E-state index in [4.69, 9.17) is 9.84 Å². The molecule has 1 fully saturated rings. The molecule has 0 spiro atoms. The minimum absolute atomic E-state index is 0.108. The zero-order chi connectivity index (χ0) is 14.5. The van der Waals surface area contributed by atoms with Crippen LogP contribution in [0, 0.1) is 5.92 Å². The Morgan fingerprint density at radius 3 is 2.65 bits per heavy atom. The van der Waals surface area contributed by atoms with Crippen LogP contribution in [0.2, 0.25) is 0 Å². The van der Waals surface area contributed by atoms with Crippen LogP contribution in [0.3, 0.4) is 0 Å². The number of piperidine rings is 1. The molecule has 0 unspecified atom stereocenters. The molecule has 1 heterocycles. The number of benzene rings is 1. The molecule has 6 heteroatoms. The quantitative estimate of drug-likeness (QED) is 0.921. The zero-order valence-corrected chi connectivity index (χ0v) is 10.9. The third-order valence-electron chi connectivity index (χ3n) is 3.32. The second kappa shape index (κ2) is 6.36. The summed E-state index contributed by atoms with van der Waals surface area (Å²) in [7, 11) is 0. The van der Waals surface area contributed by atoms with E-state index in [0.717, 1.165) is 5.56 Å². The Labute approximate surface area is 116 Å². The standard InChI is InChI=1S/C14H16FNO4/c15-12-8-16(7-6-11(12)13(17)18)14(19)20-9-10-4-2-1-3-5-10/h1-5,11-12H,6-9H2,(H,17,18)/t11-,12-/m0/s1. The van der Waals surface area contributed by atoms with Crippen molar-refractivity contribution in [1.82, 2.24) is 4.90 Å². The number of likely N-dealkylation sites (tertiary alicyclic amines) is 1. The average Bonchev–Trinajstić information content (AvgIpc) is 2.45. The summed E-state index contributed by atoms with van der Waals surface area (Å²) in [5, 5.41) is 8.81. The second-order valence-electron chi connectivity index (χ2n) is 4.74. The lowest BCUT2D eigenvalue weighted by Gasteiger charge is -2.31. The third-order valence-corrected chi connectivity index (χ3v) is 3.32. The first-order valence-corrected chi connectivity index (χ1v) is 6.40. The van der Waals surface area contributed by atoms with E-state index in [9.17, 15) is 14.0 Å². The van der Waals surface area contributed by atoms with Crippen molar-refractivity contribution in [3.05, 3.63) is 35.9 Å². The van der Waals surface area contributed by atoms with Gasteiger partial charge in [0.25, 0.3) is 0 Å². The molecule has 0 bridgehead atoms. The molecule has 0 radical (unpaired) electrons. The number of hydrogen-bond acceptors (Lipinski definition) is 3. The molecule has 1 aromatic rings. The second-order valence-corrected chi connectivity index (χ2v) is 4.74. The number of nitrogens with zero attached hydrogens (tertiary/aromatic N) is 1. The molecule has 20 heavy (non-hydrogen) atoms. The van der Waals surface area contributed by atoms with E-state index in [1.165, 1.54) is 4.90 Å². The van der Waals surface area contributed by atoms with Crippen molar-refractivity contribution in [2.45, 2.75) is 19.2 Å². The van der Waals surface area contributed by atoms with Crippen LogP contribution < -0.4 is 0 Å². The highest BCUT2D eigenvalue weighted by Gasteiger charge is 2.36. The predicted molar refractivity (Wildman–Crippen MR) is 68.8 cm³/mol. The smallest absolute Gasteiger partial charge is 0.410 e. The Morgan fingerprint density at radius 1 is 1.35 bits per heavy atom. The lowest BCUT2D eigenvalue weighted by Crippen LogP contribution is -2.47. The molecule has 1 aromatic carbocycles. The normalized spacial score (nSPS) is 22.4. The monoisotopic (exact) mass is 281 g/mol. The Hall–Kier alpha value is -2.11. The maximum Gasteiger partial charge on any atom is 0.410 e. The lowest BCUT2D eigenvalue weighted by atomic mass is 9.95. The summed E-state index contributed by atoms with van der Waals surface area (Å²) < 4.78 is 18.7. The van der Waals surface area contributed by atoms with Gasteiger partial charge in [-0.05, 0) is 12.0 Å². The molecule has 1 saturated heterocycles. The molecule has 0 saturated carbocycles. The van der Waals surface area contributed by atoms with Gasteiger partial charge in [0.2, 0.25) is 0 Å². The minimum atomic E-state index is -1.55. The van der Waals surface area contributed by atoms with E-state index >= 15 is 0 Å². The summed E-state index contributed by atoms with van der Waals surface area (Å²) in [5.41, 5.74) is 0.845. The van der Waals surface area contributed by atoms with E-state index in [1.807, 2.05) is 30.3 Å². The van der Waals surface area contributed by atoms with Crippen molar-refractivity contribution in [1.29, 1.82) is 0 Å². The number of halogens is 1. The molecule has 108 valence electrons. The van der Waals surface area contributed by atoms with E-state index in [0.29, 0.717) is 0 Å². The van der Waals surface area contributed by atoms with Gasteiger partial charge in [0, 0.05) is 6.54 Å². The highest BCUT2D eigenvalue weighted by molar-refractivity contribution is 5.72. The first-order chi connectivity index (χ1) is 9.58. The van der Waals surface area contributed by atoms with Crippen LogP contribution in [0.15, 0.2) is 30.3 Å². The number of carboxylic acids is 1. The summed E-state index contributed by atoms with van der Waals surface area (Å²) in [6.45, 7) is 0.0884. The van der Waals surface area contributed by atoms with Gasteiger partial charge in [-0.15, -0.1) is 0 Å². The first-order valence-electron chi connectivity index (χ1n) is 6.40. The van der Waals surface area contributed by atoms with Gasteiger partial charge in [-0.3, -0.25) is 4.79 Å². The molecular weight excluding hydrogens is 265 g/mol. The van der Waals surface area contributed by atoms with Crippen LogP contribution in [-0.2, 0) is 16.1 Å². The maximum absolute atomic E-state index is 13.6. The number of carbonyl (C=O) groups excluding carboxylic acids is 1. The van der Waals surface area contributed by atoms with Gasteiger partial charge >= 0.3 is 12.1 Å². The lowest BCUT2D eigenvalue weighted by molar-refractivity contribution is -0.146. The molecule has 1 aliphatic heterocycles. The highest BCUT2D eigenvalue weighted by atomic mass is 19.1. The van der Waals surface area contributed by atoms with Crippen molar-refractivity contribution >= 4 is 12.1 Å². The van der Waals surface area contributed by atoms with Crippen molar-refractivity contribution in [2.24, 2.45) is 5.92 Å². The Bertz CT molecular complexity index is 479. The Kier molecular flexibility index (Phi) is 4.55. The largest absolute Gasteiger partial charge is 0.481 e. The Balaban J connectivity index is 1.84. The summed E-state index contributed by atoms with van der Waals surface area (Å²) in [5.74, 6) is -2.19. The number of hydrogen-bond donors (Lipinski definition) is 1. The van der Waals surface area contributed by atoms with Gasteiger partial charge < -0.3 is 14.7 Å². The van der Waals surface area contributed by atoms with Crippen LogP contribution in [0.4, 0.5) is 9.18 Å². The van der Waals surface area contributed by atoms with Gasteiger partial charge in [0.15, 0.2) is 0 Å². The molecule has 2 rings (SSSR count). The average molecular weight is 281 g/mol. The predicted octanol–water partition coefficient (Wildman–Crippen LogP) is 2.07. The number of carbonyl (C=O) groups is 2. The number of ether oxygens (including phenoxy) is 1. The minimum Gasteiger partial charge on any atom is -0.481 e. The molecule has 1 amide bonds. The van der Waals surface area contributed by atoms with Gasteiger partial charge in [-0.2, -0.15) is 0 Å². The fourth-order valence-corrected chi connectivity index (χ4v) is 2.16. The molecule has 0 aromatic heterocycles. The van der Waals surface area contributed by atoms with Crippen molar-refractivity contribution in [3.63, 3.8) is 0 Å². The summed E-state index contributed by atoms with van der Waals surface area (Å²) >= 11 is 0. The molecule has 2 atom stereocenters. The summed E-state index contributed by atoms with van der Waals surface area (Å²) in [4.78, 5) is 23.8. The van der Waals surface area contributed by atoms with Crippen molar-refractivity contribution in [2.75, 3.05) is 13.1 Å². The molecular formula is C14H16FNO4. The van der Waals surface area contributed by atoms with Gasteiger partial charge in [0.05, 0.1) is 12.5 Å². The highest BCUT2D eigenvalue weighted by Crippen LogP contribution is 2.21. The van der Waals surface area contributed by atoms with Crippen molar-refractivity contribution in [3.8, 4) is 0 Å². The number of alkyl halides is 1. The fourth-order valence-electron chi connectivity index (χ4n) is 2.16. The van der Waals surface area contributed by atoms with E-state index in [-0.39, 0.29) is 26.1 Å². The van der Waals surface area contributed by atoms with Gasteiger partial charge in [-0.1, -0.05) is 30.3 Å². The van der Waals surface area contributed by atoms with Crippen LogP contribution >= 0.6 is 0 Å². The van der Waals surface area contributed by atoms with Crippen LogP contribution in [0.1, 0.15) is 12.0 Å². The molecule has 1 aliphatic rings. The maximum atomic E-state index is 13.6. The first kappa shape index (κ1) is 14.3. The van der Waals surface area contributed by atoms with E-state index in [1.54, 1.807) is 0 Å².